The van der Waals surface area contributed by atoms with Gasteiger partial charge in [0.1, 0.15) is 17.4 Å². The molecule has 1 rings (SSSR count). The largest absolute Gasteiger partial charge is 0.285 e. The zero-order valence-electron chi connectivity index (χ0n) is 7.67. The van der Waals surface area contributed by atoms with Gasteiger partial charge >= 0.3 is 0 Å². The maximum atomic E-state index is 12.9. The van der Waals surface area contributed by atoms with Crippen LogP contribution in [0.25, 0.3) is 0 Å². The van der Waals surface area contributed by atoms with Crippen molar-refractivity contribution in [3.05, 3.63) is 34.4 Å². The van der Waals surface area contributed by atoms with Gasteiger partial charge in [-0.1, -0.05) is 11.6 Å². The van der Waals surface area contributed by atoms with Crippen LogP contribution in [0, 0.1) is 11.6 Å². The van der Waals surface area contributed by atoms with Gasteiger partial charge in [0.25, 0.3) is 10.1 Å². The maximum Gasteiger partial charge on any atom is 0.269 e. The van der Waals surface area contributed by atoms with Crippen LogP contribution in [0.4, 0.5) is 8.78 Å². The van der Waals surface area contributed by atoms with Crippen molar-refractivity contribution in [1.29, 1.82) is 0 Å². The van der Waals surface area contributed by atoms with Crippen LogP contribution in [0.2, 0.25) is 5.02 Å². The van der Waals surface area contributed by atoms with Crippen LogP contribution in [-0.2, 0) is 15.9 Å². The van der Waals surface area contributed by atoms with E-state index in [9.17, 15) is 17.2 Å². The summed E-state index contributed by atoms with van der Waals surface area (Å²) < 4.78 is 55.0. The number of hydrogen-bond donors (Lipinski definition) is 1. The van der Waals surface area contributed by atoms with Crippen molar-refractivity contribution in [2.75, 3.05) is 0 Å². The van der Waals surface area contributed by atoms with Gasteiger partial charge in [-0.25, -0.2) is 8.78 Å². The quantitative estimate of drug-likeness (QED) is 0.502. The Morgan fingerprint density at radius 2 is 1.73 bits per heavy atom. The molecule has 0 bridgehead atoms. The van der Waals surface area contributed by atoms with Gasteiger partial charge in [-0.05, 0) is 12.1 Å². The second-order valence-electron chi connectivity index (χ2n) is 2.55. The standard InChI is InChI=1S/C7H5ClF2O3S.Na/c8-7-4(3-14(11,12)13)5(9)1-2-6(7)10;/h1-2H,3H2,(H,11,12,13);. The van der Waals surface area contributed by atoms with E-state index in [0.29, 0.717) is 0 Å². The van der Waals surface area contributed by atoms with E-state index in [1.165, 1.54) is 0 Å². The minimum absolute atomic E-state index is 0. The van der Waals surface area contributed by atoms with Crippen LogP contribution in [-0.4, -0.2) is 42.5 Å². The Labute approximate surface area is 112 Å². The summed E-state index contributed by atoms with van der Waals surface area (Å²) in [5.41, 5.74) is -0.575. The molecule has 0 aromatic heterocycles. The van der Waals surface area contributed by atoms with E-state index in [4.69, 9.17) is 16.2 Å². The minimum Gasteiger partial charge on any atom is -0.285 e. The van der Waals surface area contributed by atoms with Gasteiger partial charge < -0.3 is 0 Å². The van der Waals surface area contributed by atoms with Crippen molar-refractivity contribution in [3.8, 4) is 0 Å². The van der Waals surface area contributed by atoms with E-state index in [0.717, 1.165) is 12.1 Å². The molecule has 0 atom stereocenters. The molecule has 0 aliphatic heterocycles. The first-order chi connectivity index (χ1) is 6.31. The molecule has 0 heterocycles. The molecule has 0 saturated carbocycles. The summed E-state index contributed by atoms with van der Waals surface area (Å²) in [4.78, 5) is 0. The molecule has 15 heavy (non-hydrogen) atoms. The van der Waals surface area contributed by atoms with E-state index in [-0.39, 0.29) is 29.6 Å². The summed E-state index contributed by atoms with van der Waals surface area (Å²) in [5, 5.41) is -0.636. The Bertz CT molecular complexity index is 464. The molecule has 1 aromatic rings. The molecule has 3 nitrogen and oxygen atoms in total. The Balaban J connectivity index is 0.00000196. The smallest absolute Gasteiger partial charge is 0.269 e. The van der Waals surface area contributed by atoms with Gasteiger partial charge in [0.2, 0.25) is 0 Å². The second kappa shape index (κ2) is 5.56. The minimum atomic E-state index is -4.43. The topological polar surface area (TPSA) is 54.4 Å². The predicted molar refractivity (Wildman–Crippen MR) is 52.4 cm³/mol. The number of rotatable bonds is 2. The summed E-state index contributed by atoms with van der Waals surface area (Å²) in [5.74, 6) is -2.96. The van der Waals surface area contributed by atoms with E-state index in [2.05, 4.69) is 0 Å². The Morgan fingerprint density at radius 3 is 2.20 bits per heavy atom. The number of hydrogen-bond acceptors (Lipinski definition) is 2. The van der Waals surface area contributed by atoms with Crippen LogP contribution in [0.15, 0.2) is 12.1 Å². The second-order valence-corrected chi connectivity index (χ2v) is 4.38. The summed E-state index contributed by atoms with van der Waals surface area (Å²) in [7, 11) is -4.43. The Kier molecular flexibility index (Phi) is 5.67. The number of benzene rings is 1. The Hall–Kier alpha value is 0.280. The maximum absolute atomic E-state index is 12.9. The van der Waals surface area contributed by atoms with Crippen molar-refractivity contribution in [2.45, 2.75) is 5.75 Å². The molecule has 0 aliphatic rings. The van der Waals surface area contributed by atoms with Gasteiger partial charge in [-0.3, -0.25) is 4.55 Å². The van der Waals surface area contributed by atoms with Gasteiger partial charge in [-0.15, -0.1) is 0 Å². The molecule has 8 heteroatoms. The zero-order chi connectivity index (χ0) is 10.9. The summed E-state index contributed by atoms with van der Waals surface area (Å²) >= 11 is 5.31. The molecule has 1 aromatic carbocycles. The van der Waals surface area contributed by atoms with Crippen LogP contribution >= 0.6 is 11.6 Å². The molecule has 0 unspecified atom stereocenters. The normalized spacial score (nSPS) is 10.9. The van der Waals surface area contributed by atoms with Gasteiger partial charge in [0, 0.05) is 35.1 Å². The molecule has 0 amide bonds. The predicted octanol–water partition coefficient (Wildman–Crippen LogP) is 1.63. The molecular weight excluding hydrogens is 261 g/mol. The van der Waals surface area contributed by atoms with E-state index in [1.54, 1.807) is 0 Å². The van der Waals surface area contributed by atoms with Gasteiger partial charge in [0.15, 0.2) is 0 Å². The third-order valence-corrected chi connectivity index (χ3v) is 2.53. The van der Waals surface area contributed by atoms with Crippen molar-refractivity contribution in [2.24, 2.45) is 0 Å². The average Bonchev–Trinajstić information content (AvgIpc) is 2.04. The molecule has 0 saturated heterocycles. The summed E-state index contributed by atoms with van der Waals surface area (Å²) in [6, 6.07) is 1.51. The van der Waals surface area contributed by atoms with Crippen LogP contribution in [0.1, 0.15) is 5.56 Å². The Morgan fingerprint density at radius 1 is 1.27 bits per heavy atom. The van der Waals surface area contributed by atoms with Crippen molar-refractivity contribution < 1.29 is 21.8 Å². The first kappa shape index (κ1) is 15.3. The third-order valence-electron chi connectivity index (χ3n) is 1.47. The first-order valence-electron chi connectivity index (χ1n) is 3.39. The van der Waals surface area contributed by atoms with Crippen molar-refractivity contribution >= 4 is 51.3 Å². The van der Waals surface area contributed by atoms with Crippen LogP contribution in [0.3, 0.4) is 0 Å². The fourth-order valence-electron chi connectivity index (χ4n) is 0.884. The average molecular weight is 266 g/mol. The molecule has 1 radical (unpaired) electrons. The first-order valence-corrected chi connectivity index (χ1v) is 5.37. The monoisotopic (exact) mass is 265 g/mol. The third kappa shape index (κ3) is 4.34. The zero-order valence-corrected chi connectivity index (χ0v) is 11.2. The fourth-order valence-corrected chi connectivity index (χ4v) is 1.83. The van der Waals surface area contributed by atoms with Crippen molar-refractivity contribution in [1.82, 2.24) is 0 Å². The fraction of sp³-hybridized carbons (Fsp3) is 0.143. The van der Waals surface area contributed by atoms with Crippen LogP contribution < -0.4 is 0 Å². The molecule has 0 spiro atoms. The van der Waals surface area contributed by atoms with Crippen LogP contribution in [0.5, 0.6) is 0 Å². The molecule has 79 valence electrons. The number of halogens is 3. The van der Waals surface area contributed by atoms with E-state index >= 15 is 0 Å². The molecule has 1 N–H and O–H groups in total. The SMILES string of the molecule is O=S(=O)(O)Cc1c(F)ccc(F)c1Cl.[Na]. The van der Waals surface area contributed by atoms with E-state index in [1.807, 2.05) is 0 Å². The molecular formula is C7H5ClF2NaO3S. The van der Waals surface area contributed by atoms with Gasteiger partial charge in [-0.2, -0.15) is 8.42 Å². The molecule has 0 aliphatic carbocycles. The molecule has 0 fully saturated rings. The summed E-state index contributed by atoms with van der Waals surface area (Å²) in [6.07, 6.45) is 0. The van der Waals surface area contributed by atoms with Crippen molar-refractivity contribution in [3.63, 3.8) is 0 Å². The van der Waals surface area contributed by atoms with E-state index < -0.39 is 38.1 Å². The van der Waals surface area contributed by atoms with Gasteiger partial charge in [0.05, 0.1) is 5.02 Å². The summed E-state index contributed by atoms with van der Waals surface area (Å²) in [6.45, 7) is 0.